The molecule has 0 aliphatic carbocycles. The van der Waals surface area contributed by atoms with Gasteiger partial charge < -0.3 is 19.7 Å². The maximum absolute atomic E-state index is 10.7. The Bertz CT molecular complexity index is 959. The van der Waals surface area contributed by atoms with Gasteiger partial charge in [0, 0.05) is 21.4 Å². The van der Waals surface area contributed by atoms with Gasteiger partial charge in [0.2, 0.25) is 9.23 Å². The molecule has 0 unspecified atom stereocenters. The summed E-state index contributed by atoms with van der Waals surface area (Å²) in [6.45, 7) is 0. The summed E-state index contributed by atoms with van der Waals surface area (Å²) in [5.74, 6) is -2.16. The van der Waals surface area contributed by atoms with Crippen LogP contribution in [0, 0.1) is 0 Å². The van der Waals surface area contributed by atoms with Crippen LogP contribution in [0.2, 0.25) is 20.1 Å². The Hall–Kier alpha value is -1.02. The minimum atomic E-state index is -1.67. The average molecular weight is 662 g/mol. The van der Waals surface area contributed by atoms with Crippen LogP contribution in [0.25, 0.3) is 0 Å². The Morgan fingerprint density at radius 1 is 0.765 bits per heavy atom. The standard InChI is InChI=1S/2C8H6Cl2O3.Cl2OS.ClH.O2S/c2*1-13-7-5(10)3-2-4(9)6(7)8(11)12;1-4(2)3;;1-3-2/h2*2-3H,1H3,(H,11,12);;1H;. The Morgan fingerprint density at radius 3 is 1.12 bits per heavy atom. The Morgan fingerprint density at radius 2 is 0.971 bits per heavy atom. The van der Waals surface area contributed by atoms with Crippen molar-refractivity contribution >= 4 is 113 Å². The third-order valence-electron chi connectivity index (χ3n) is 2.95. The summed E-state index contributed by atoms with van der Waals surface area (Å²) in [4.78, 5) is 21.5. The predicted molar refractivity (Wildman–Crippen MR) is 136 cm³/mol. The summed E-state index contributed by atoms with van der Waals surface area (Å²) >= 11 is 22.0. The third-order valence-corrected chi connectivity index (χ3v) is 4.18. The van der Waals surface area contributed by atoms with Crippen molar-refractivity contribution in [3.63, 3.8) is 0 Å². The van der Waals surface area contributed by atoms with Crippen molar-refractivity contribution in [3.8, 4) is 11.5 Å². The molecule has 0 fully saturated rings. The zero-order valence-corrected chi connectivity index (χ0v) is 23.5. The molecule has 2 aromatic carbocycles. The van der Waals surface area contributed by atoms with Crippen LogP contribution in [-0.4, -0.2) is 49.0 Å². The number of methoxy groups -OCH3 is 2. The molecule has 0 saturated heterocycles. The Balaban J connectivity index is -0.000000435. The lowest BCUT2D eigenvalue weighted by Gasteiger charge is -2.07. The molecule has 0 aliphatic heterocycles. The Kier molecular flexibility index (Phi) is 22.3. The monoisotopic (exact) mass is 658 g/mol. The van der Waals surface area contributed by atoms with Crippen LogP contribution in [-0.2, 0) is 20.8 Å². The zero-order valence-electron chi connectivity index (χ0n) is 16.6. The van der Waals surface area contributed by atoms with E-state index < -0.39 is 32.7 Å². The van der Waals surface area contributed by atoms with Crippen molar-refractivity contribution in [1.29, 1.82) is 0 Å². The zero-order chi connectivity index (χ0) is 26.3. The topological polar surface area (TPSA) is 144 Å². The second-order valence-electron chi connectivity index (χ2n) is 4.74. The van der Waals surface area contributed by atoms with Crippen molar-refractivity contribution in [1.82, 2.24) is 0 Å². The molecule has 18 heteroatoms. The molecule has 0 spiro atoms. The van der Waals surface area contributed by atoms with Gasteiger partial charge in [0.25, 0.3) is 0 Å². The number of carboxylic acid groups (broad SMARTS) is 2. The number of hydrogen-bond acceptors (Lipinski definition) is 7. The van der Waals surface area contributed by atoms with Crippen LogP contribution in [0.4, 0.5) is 0 Å². The number of halogens is 7. The quantitative estimate of drug-likeness (QED) is 0.366. The van der Waals surface area contributed by atoms with Crippen LogP contribution in [0.1, 0.15) is 20.7 Å². The van der Waals surface area contributed by atoms with E-state index >= 15 is 0 Å². The van der Waals surface area contributed by atoms with Gasteiger partial charge in [-0.05, 0) is 24.3 Å². The van der Waals surface area contributed by atoms with Crippen molar-refractivity contribution < 1.29 is 41.9 Å². The van der Waals surface area contributed by atoms with Crippen LogP contribution in [0.5, 0.6) is 11.5 Å². The SMILES string of the molecule is COc1c(Cl)ccc(Cl)c1C(=O)O.COc1c(Cl)ccc(Cl)c1C(=O)O.Cl.O=S(Cl)Cl.O=S=O. The summed E-state index contributed by atoms with van der Waals surface area (Å²) in [5.41, 5.74) is -0.228. The molecule has 2 N–H and O–H groups in total. The lowest BCUT2D eigenvalue weighted by molar-refractivity contribution is 0.0682. The molecule has 2 rings (SSSR count). The maximum Gasteiger partial charge on any atom is 0.341 e. The highest BCUT2D eigenvalue weighted by Gasteiger charge is 2.18. The van der Waals surface area contributed by atoms with Gasteiger partial charge in [-0.25, -0.2) is 13.8 Å². The van der Waals surface area contributed by atoms with E-state index in [0.717, 1.165) is 0 Å². The normalized spacial score (nSPS) is 8.85. The second-order valence-corrected chi connectivity index (χ2v) is 9.03. The van der Waals surface area contributed by atoms with Gasteiger partial charge in [-0.15, -0.1) is 12.4 Å². The van der Waals surface area contributed by atoms with Gasteiger partial charge in [0.15, 0.2) is 11.5 Å². The van der Waals surface area contributed by atoms with E-state index in [2.05, 4.69) is 21.4 Å². The first-order chi connectivity index (χ1) is 15.3. The van der Waals surface area contributed by atoms with Gasteiger partial charge in [-0.2, -0.15) is 8.42 Å². The van der Waals surface area contributed by atoms with E-state index in [1.54, 1.807) is 0 Å². The van der Waals surface area contributed by atoms with Gasteiger partial charge in [-0.3, -0.25) is 0 Å². The highest BCUT2D eigenvalue weighted by atomic mass is 36.0. The summed E-state index contributed by atoms with van der Waals surface area (Å²) < 4.78 is 35.3. The fraction of sp³-hybridized carbons (Fsp3) is 0.125. The highest BCUT2D eigenvalue weighted by Crippen LogP contribution is 2.34. The van der Waals surface area contributed by atoms with Crippen molar-refractivity contribution in [2.75, 3.05) is 14.2 Å². The number of carbonyl (C=O) groups is 2. The first-order valence-corrected chi connectivity index (χ1v) is 12.4. The lowest BCUT2D eigenvalue weighted by Crippen LogP contribution is -2.01. The molecule has 0 saturated carbocycles. The summed E-state index contributed by atoms with van der Waals surface area (Å²) in [6.07, 6.45) is 0. The van der Waals surface area contributed by atoms with E-state index in [1.165, 1.54) is 38.5 Å². The molecule has 0 heterocycles. The fourth-order valence-electron chi connectivity index (χ4n) is 1.86. The first kappa shape index (κ1) is 37.5. The second kappa shape index (κ2) is 20.2. The summed E-state index contributed by atoms with van der Waals surface area (Å²) in [5, 5.41) is 18.2. The number of benzene rings is 2. The molecule has 0 atom stereocenters. The number of hydrogen-bond donors (Lipinski definition) is 2. The van der Waals surface area contributed by atoms with Crippen molar-refractivity contribution in [2.24, 2.45) is 0 Å². The Labute approximate surface area is 234 Å². The van der Waals surface area contributed by atoms with Crippen LogP contribution in [0.15, 0.2) is 24.3 Å². The van der Waals surface area contributed by atoms with Crippen molar-refractivity contribution in [2.45, 2.75) is 0 Å². The molecule has 0 aliphatic rings. The molecule has 192 valence electrons. The van der Waals surface area contributed by atoms with Gasteiger partial charge in [-0.1, -0.05) is 46.4 Å². The van der Waals surface area contributed by atoms with E-state index in [9.17, 15) is 9.59 Å². The number of rotatable bonds is 4. The molecule has 2 aromatic rings. The van der Waals surface area contributed by atoms with Crippen LogP contribution >= 0.6 is 80.2 Å². The number of aromatic carboxylic acids is 2. The number of carboxylic acids is 2. The van der Waals surface area contributed by atoms with E-state index in [1.807, 2.05) is 0 Å². The van der Waals surface area contributed by atoms with Crippen LogP contribution in [0.3, 0.4) is 0 Å². The third kappa shape index (κ3) is 13.8. The van der Waals surface area contributed by atoms with E-state index in [0.29, 0.717) is 0 Å². The maximum atomic E-state index is 10.7. The minimum Gasteiger partial charge on any atom is -0.494 e. The first-order valence-electron chi connectivity index (χ1n) is 7.47. The van der Waals surface area contributed by atoms with E-state index in [4.69, 9.17) is 78.7 Å². The molecule has 0 amide bonds. The predicted octanol–water partition coefficient (Wildman–Crippen LogP) is 6.19. The minimum absolute atomic E-state index is 0. The molecule has 0 radical (unpaired) electrons. The average Bonchev–Trinajstić information content (AvgIpc) is 2.71. The lowest BCUT2D eigenvalue weighted by atomic mass is 10.2. The fourth-order valence-corrected chi connectivity index (χ4v) is 2.79. The molecular weight excluding hydrogens is 648 g/mol. The number of ether oxygens (including phenoxy) is 2. The van der Waals surface area contributed by atoms with Gasteiger partial charge in [0.1, 0.15) is 11.1 Å². The van der Waals surface area contributed by atoms with E-state index in [-0.39, 0.29) is 55.1 Å². The van der Waals surface area contributed by atoms with Crippen LogP contribution < -0.4 is 9.47 Å². The highest BCUT2D eigenvalue weighted by molar-refractivity contribution is 8.26. The molecule has 0 aromatic heterocycles. The molecule has 34 heavy (non-hydrogen) atoms. The summed E-state index contributed by atoms with van der Waals surface area (Å²) in [7, 11) is 10.0. The molecule has 9 nitrogen and oxygen atoms in total. The van der Waals surface area contributed by atoms with Crippen molar-refractivity contribution in [3.05, 3.63) is 55.5 Å². The van der Waals surface area contributed by atoms with Gasteiger partial charge >= 0.3 is 23.5 Å². The smallest absolute Gasteiger partial charge is 0.341 e. The van der Waals surface area contributed by atoms with Gasteiger partial charge in [0.05, 0.1) is 34.3 Å². The largest absolute Gasteiger partial charge is 0.494 e. The molecular formula is C16H13Cl7O9S2. The summed E-state index contributed by atoms with van der Waals surface area (Å²) in [6, 6.07) is 5.79. The molecule has 0 bridgehead atoms.